The summed E-state index contributed by atoms with van der Waals surface area (Å²) >= 11 is 0. The van der Waals surface area contributed by atoms with Crippen molar-refractivity contribution in [3.8, 4) is 0 Å². The Labute approximate surface area is 415 Å². The van der Waals surface area contributed by atoms with Crippen LogP contribution in [0.4, 0.5) is 19.2 Å². The monoisotopic (exact) mass is 981 g/mol. The van der Waals surface area contributed by atoms with Crippen LogP contribution in [0.1, 0.15) is 80.0 Å². The molecule has 4 rings (SSSR count). The van der Waals surface area contributed by atoms with E-state index in [1.54, 1.807) is 12.1 Å². The molecule has 9 N–H and O–H groups in total. The fourth-order valence-corrected chi connectivity index (χ4v) is 6.90. The van der Waals surface area contributed by atoms with Crippen LogP contribution in [0.15, 0.2) is 121 Å². The lowest BCUT2D eigenvalue weighted by atomic mass is 10.1. The van der Waals surface area contributed by atoms with E-state index in [0.29, 0.717) is 38.5 Å². The van der Waals surface area contributed by atoms with Gasteiger partial charge in [-0.1, -0.05) is 121 Å². The predicted molar refractivity (Wildman–Crippen MR) is 265 cm³/mol. The molecule has 0 aliphatic heterocycles. The third-order valence-corrected chi connectivity index (χ3v) is 10.7. The molecule has 0 aromatic heterocycles. The molecule has 382 valence electrons. The van der Waals surface area contributed by atoms with Gasteiger partial charge in [-0.2, -0.15) is 0 Å². The molecule has 0 aliphatic rings. The van der Waals surface area contributed by atoms with E-state index in [2.05, 4.69) is 37.2 Å². The number of unbranched alkanes of at least 4 members (excludes halogenated alkanes) is 3. The highest BCUT2D eigenvalue weighted by molar-refractivity contribution is 5.91. The Morgan fingerprint density at radius 1 is 0.352 bits per heavy atom. The van der Waals surface area contributed by atoms with Crippen molar-refractivity contribution in [2.24, 2.45) is 5.73 Å². The Morgan fingerprint density at radius 3 is 1.00 bits per heavy atom. The summed E-state index contributed by atoms with van der Waals surface area (Å²) in [6.07, 6.45) is 0.418. The molecule has 0 saturated carbocycles. The number of carbonyl (C=O) groups excluding carboxylic acids is 7. The quantitative estimate of drug-likeness (QED) is 0.0226. The van der Waals surface area contributed by atoms with Crippen molar-refractivity contribution in [1.82, 2.24) is 37.2 Å². The fraction of sp³-hybridized carbons (Fsp3) is 0.404. The van der Waals surface area contributed by atoms with Crippen molar-refractivity contribution in [1.29, 1.82) is 0 Å². The minimum absolute atomic E-state index is 0.00708. The first kappa shape index (κ1) is 55.9. The summed E-state index contributed by atoms with van der Waals surface area (Å²) in [4.78, 5) is 90.9. The van der Waals surface area contributed by atoms with Crippen LogP contribution in [-0.2, 0) is 59.8 Å². The van der Waals surface area contributed by atoms with Crippen LogP contribution in [0.5, 0.6) is 0 Å². The number of hydrogen-bond acceptors (Lipinski definition) is 12. The first-order valence-corrected chi connectivity index (χ1v) is 24.0. The highest BCUT2D eigenvalue weighted by Crippen LogP contribution is 2.10. The van der Waals surface area contributed by atoms with Gasteiger partial charge in [0.25, 0.3) is 0 Å². The predicted octanol–water partition coefficient (Wildman–Crippen LogP) is 5.62. The number of nitrogens with one attached hydrogen (secondary N) is 7. The van der Waals surface area contributed by atoms with Gasteiger partial charge in [0.05, 0.1) is 0 Å². The van der Waals surface area contributed by atoms with Crippen molar-refractivity contribution in [2.45, 2.75) is 102 Å². The number of amides is 7. The Balaban J connectivity index is 1.28. The average molecular weight is 981 g/mol. The van der Waals surface area contributed by atoms with Crippen molar-refractivity contribution in [3.63, 3.8) is 0 Å². The van der Waals surface area contributed by atoms with Crippen molar-refractivity contribution >= 4 is 42.1 Å². The van der Waals surface area contributed by atoms with E-state index < -0.39 is 60.2 Å². The van der Waals surface area contributed by atoms with E-state index >= 15 is 0 Å². The Morgan fingerprint density at radius 2 is 0.648 bits per heavy atom. The average Bonchev–Trinajstić information content (AvgIpc) is 3.39. The van der Waals surface area contributed by atoms with Crippen LogP contribution < -0.4 is 43.0 Å². The van der Waals surface area contributed by atoms with E-state index in [9.17, 15) is 33.6 Å². The molecule has 4 aromatic carbocycles. The van der Waals surface area contributed by atoms with E-state index in [4.69, 9.17) is 24.7 Å². The third-order valence-electron chi connectivity index (χ3n) is 10.7. The van der Waals surface area contributed by atoms with Gasteiger partial charge in [0.1, 0.15) is 44.6 Å². The van der Waals surface area contributed by atoms with Crippen LogP contribution in [0.3, 0.4) is 0 Å². The molecule has 71 heavy (non-hydrogen) atoms. The Kier molecular flexibility index (Phi) is 26.6. The van der Waals surface area contributed by atoms with Gasteiger partial charge in [-0.25, -0.2) is 19.2 Å². The molecule has 19 nitrogen and oxygen atoms in total. The molecule has 4 aromatic rings. The fourth-order valence-electron chi connectivity index (χ4n) is 6.90. The molecule has 0 radical (unpaired) electrons. The number of benzene rings is 4. The number of rotatable bonds is 31. The summed E-state index contributed by atoms with van der Waals surface area (Å²) in [7, 11) is 0. The second kappa shape index (κ2) is 33.8. The number of carbonyl (C=O) groups is 7. The zero-order chi connectivity index (χ0) is 50.7. The molecule has 0 spiro atoms. The number of alkyl carbamates (subject to hydrolysis) is 4. The molecule has 0 fully saturated rings. The molecular weight excluding hydrogens is 913 g/mol. The SMILES string of the molecule is NCCNC(=O)C(CCCCNC(=O)C(CCCCNC(=O)OCc1ccccc1)NC(=O)OCc1ccccc1)NC(=O)C(CCCCNC(=O)OCc1ccccc1)NC(=O)OCc1ccccc1. The van der Waals surface area contributed by atoms with E-state index in [0.717, 1.165) is 22.3 Å². The van der Waals surface area contributed by atoms with E-state index in [-0.39, 0.29) is 78.4 Å². The smallest absolute Gasteiger partial charge is 0.408 e. The normalized spacial score (nSPS) is 11.8. The first-order chi connectivity index (χ1) is 34.6. The molecular formula is C52H68N8O11. The minimum atomic E-state index is -1.10. The second-order valence-corrected chi connectivity index (χ2v) is 16.4. The van der Waals surface area contributed by atoms with Crippen LogP contribution in [0, 0.1) is 0 Å². The largest absolute Gasteiger partial charge is 0.445 e. The summed E-state index contributed by atoms with van der Waals surface area (Å²) in [5, 5.41) is 19.0. The van der Waals surface area contributed by atoms with Crippen molar-refractivity contribution < 1.29 is 52.5 Å². The van der Waals surface area contributed by atoms with Crippen molar-refractivity contribution in [3.05, 3.63) is 144 Å². The lowest BCUT2D eigenvalue weighted by molar-refractivity contribution is -0.130. The number of ether oxygens (including phenoxy) is 4. The number of hydrogen-bond donors (Lipinski definition) is 8. The Hall–Kier alpha value is -7.67. The molecule has 19 heteroatoms. The highest BCUT2D eigenvalue weighted by atomic mass is 16.6. The molecule has 0 saturated heterocycles. The van der Waals surface area contributed by atoms with Gasteiger partial charge in [0.15, 0.2) is 0 Å². The maximum atomic E-state index is 13.8. The van der Waals surface area contributed by atoms with Gasteiger partial charge in [0, 0.05) is 32.7 Å². The molecule has 0 heterocycles. The van der Waals surface area contributed by atoms with Gasteiger partial charge >= 0.3 is 24.4 Å². The van der Waals surface area contributed by atoms with Crippen LogP contribution in [0.25, 0.3) is 0 Å². The maximum Gasteiger partial charge on any atom is 0.408 e. The Bertz CT molecular complexity index is 2190. The summed E-state index contributed by atoms with van der Waals surface area (Å²) in [6.45, 7) is 1.26. The van der Waals surface area contributed by atoms with Crippen LogP contribution in [-0.4, -0.2) is 92.9 Å². The van der Waals surface area contributed by atoms with Crippen LogP contribution in [0.2, 0.25) is 0 Å². The molecule has 3 atom stereocenters. The summed E-state index contributed by atoms with van der Waals surface area (Å²) in [6, 6.07) is 33.6. The highest BCUT2D eigenvalue weighted by Gasteiger charge is 2.27. The van der Waals surface area contributed by atoms with Crippen LogP contribution >= 0.6 is 0 Å². The van der Waals surface area contributed by atoms with Gasteiger partial charge < -0.3 is 61.9 Å². The van der Waals surface area contributed by atoms with E-state index in [1.807, 2.05) is 109 Å². The lowest BCUT2D eigenvalue weighted by Crippen LogP contribution is -2.54. The lowest BCUT2D eigenvalue weighted by Gasteiger charge is -2.23. The standard InChI is InChI=1S/C52H68N8O11/c53-30-34-55-46(61)43(58-48(63)45(60-52(67)71-38-42-25-11-4-12-26-42)29-15-18-33-57-50(65)69-36-40-21-7-2-8-22-40)27-13-16-31-54-47(62)44(59-51(66)70-37-41-23-9-3-10-24-41)28-14-17-32-56-49(64)68-35-39-19-5-1-6-20-39/h1-12,19-26,43-45H,13-18,27-38,53H2,(H,54,62)(H,55,61)(H,56,64)(H,57,65)(H,58,63)(H,59,66)(H,60,67). The summed E-state index contributed by atoms with van der Waals surface area (Å²) in [5.41, 5.74) is 8.87. The van der Waals surface area contributed by atoms with E-state index in [1.165, 1.54) is 0 Å². The summed E-state index contributed by atoms with van der Waals surface area (Å²) < 4.78 is 21.3. The first-order valence-electron chi connectivity index (χ1n) is 24.0. The topological polar surface area (TPSA) is 267 Å². The second-order valence-electron chi connectivity index (χ2n) is 16.4. The van der Waals surface area contributed by atoms with Gasteiger partial charge in [-0.05, 0) is 80.0 Å². The number of nitrogens with two attached hydrogens (primary N) is 1. The zero-order valence-electron chi connectivity index (χ0n) is 40.1. The summed E-state index contributed by atoms with van der Waals surface area (Å²) in [5.74, 6) is -1.55. The van der Waals surface area contributed by atoms with Gasteiger partial charge in [-0.3, -0.25) is 14.4 Å². The zero-order valence-corrected chi connectivity index (χ0v) is 40.1. The molecule has 0 bridgehead atoms. The van der Waals surface area contributed by atoms with Gasteiger partial charge in [0.2, 0.25) is 17.7 Å². The third kappa shape index (κ3) is 24.4. The molecule has 0 aliphatic carbocycles. The van der Waals surface area contributed by atoms with Gasteiger partial charge in [-0.15, -0.1) is 0 Å². The molecule has 7 amide bonds. The minimum Gasteiger partial charge on any atom is -0.445 e. The van der Waals surface area contributed by atoms with Crippen molar-refractivity contribution in [2.75, 3.05) is 32.7 Å². The molecule has 3 unspecified atom stereocenters. The maximum absolute atomic E-state index is 13.8.